The number of carbonyl (C=O) groups is 1. The smallest absolute Gasteiger partial charge is 0.362 e. The summed E-state index contributed by atoms with van der Waals surface area (Å²) >= 11 is 0. The van der Waals surface area contributed by atoms with Crippen molar-refractivity contribution < 1.29 is 14.4 Å². The van der Waals surface area contributed by atoms with Gasteiger partial charge in [-0.3, -0.25) is 4.85 Å². The number of carbonyl (C=O) groups excluding carboxylic acids is 1. The molecule has 1 fully saturated rings. The number of oxime groups is 1. The molecule has 0 aromatic carbocycles. The summed E-state index contributed by atoms with van der Waals surface area (Å²) in [7, 11) is 0. The average molecular weight is 250 g/mol. The van der Waals surface area contributed by atoms with Crippen LogP contribution < -0.4 is 0 Å². The lowest BCUT2D eigenvalue weighted by Crippen LogP contribution is -2.56. The van der Waals surface area contributed by atoms with E-state index in [0.29, 0.717) is 18.6 Å². The monoisotopic (exact) mass is 250 g/mol. The molecular weight excluding hydrogens is 232 g/mol. The molecule has 0 saturated heterocycles. The first-order chi connectivity index (χ1) is 8.54. The predicted molar refractivity (Wildman–Crippen MR) is 65.9 cm³/mol. The lowest BCUT2D eigenvalue weighted by atomic mass is 9.76. The van der Waals surface area contributed by atoms with Gasteiger partial charge in [0.2, 0.25) is 0 Å². The van der Waals surface area contributed by atoms with E-state index in [1.54, 1.807) is 6.92 Å². The van der Waals surface area contributed by atoms with Crippen LogP contribution in [-0.4, -0.2) is 29.4 Å². The zero-order valence-corrected chi connectivity index (χ0v) is 11.0. The van der Waals surface area contributed by atoms with Crippen LogP contribution >= 0.6 is 0 Å². The van der Waals surface area contributed by atoms with E-state index in [0.717, 1.165) is 6.42 Å². The third-order valence-electron chi connectivity index (χ3n) is 3.80. The molecule has 1 aliphatic carbocycles. The Hall–Kier alpha value is -1.57. The zero-order chi connectivity index (χ0) is 13.4. The van der Waals surface area contributed by atoms with Crippen molar-refractivity contribution in [1.29, 1.82) is 0 Å². The van der Waals surface area contributed by atoms with Crippen LogP contribution in [0.3, 0.4) is 0 Å². The van der Waals surface area contributed by atoms with Crippen molar-refractivity contribution in [2.75, 3.05) is 6.61 Å². The van der Waals surface area contributed by atoms with Gasteiger partial charge in [0, 0.05) is 18.8 Å². The maximum atomic E-state index is 12.2. The second-order valence-corrected chi connectivity index (χ2v) is 5.10. The standard InChI is InChI=1S/C13H18N2O3/c1-5-17-11(16)13-8-6-7-12(13,14-4)10(9(2)3)15-18-13/h9H,5-8H2,1-3H3. The summed E-state index contributed by atoms with van der Waals surface area (Å²) in [6, 6.07) is 0. The maximum absolute atomic E-state index is 12.2. The Balaban J connectivity index is 2.45. The molecular formula is C13H18N2O3. The molecule has 0 amide bonds. The first-order valence-electron chi connectivity index (χ1n) is 6.36. The molecule has 1 aliphatic heterocycles. The van der Waals surface area contributed by atoms with Crippen LogP contribution in [0.25, 0.3) is 4.85 Å². The highest BCUT2D eigenvalue weighted by atomic mass is 16.7. The summed E-state index contributed by atoms with van der Waals surface area (Å²) in [5.41, 5.74) is -1.47. The summed E-state index contributed by atoms with van der Waals surface area (Å²) in [5.74, 6) is -0.355. The largest absolute Gasteiger partial charge is 0.463 e. The second-order valence-electron chi connectivity index (χ2n) is 5.10. The average Bonchev–Trinajstić information content (AvgIpc) is 2.82. The number of ether oxygens (including phenoxy) is 1. The van der Waals surface area contributed by atoms with Gasteiger partial charge in [-0.1, -0.05) is 19.0 Å². The Morgan fingerprint density at radius 2 is 2.33 bits per heavy atom. The molecule has 18 heavy (non-hydrogen) atoms. The van der Waals surface area contributed by atoms with Crippen molar-refractivity contribution in [3.8, 4) is 0 Å². The number of rotatable bonds is 3. The van der Waals surface area contributed by atoms with Gasteiger partial charge in [0.05, 0.1) is 6.61 Å². The van der Waals surface area contributed by atoms with E-state index in [9.17, 15) is 4.79 Å². The summed E-state index contributed by atoms with van der Waals surface area (Å²) in [6.07, 6.45) is 1.91. The third kappa shape index (κ3) is 1.38. The van der Waals surface area contributed by atoms with Crippen LogP contribution in [0, 0.1) is 12.5 Å². The topological polar surface area (TPSA) is 52.2 Å². The molecule has 5 heteroatoms. The molecule has 2 rings (SSSR count). The first kappa shape index (κ1) is 12.9. The fourth-order valence-electron chi connectivity index (χ4n) is 3.00. The van der Waals surface area contributed by atoms with Crippen molar-refractivity contribution in [3.05, 3.63) is 11.4 Å². The summed E-state index contributed by atoms with van der Waals surface area (Å²) < 4.78 is 5.10. The molecule has 0 bridgehead atoms. The van der Waals surface area contributed by atoms with Gasteiger partial charge in [-0.2, -0.15) is 0 Å². The number of hydrogen-bond acceptors (Lipinski definition) is 4. The molecule has 5 nitrogen and oxygen atoms in total. The number of esters is 1. The highest BCUT2D eigenvalue weighted by molar-refractivity contribution is 6.05. The van der Waals surface area contributed by atoms with Crippen molar-refractivity contribution >= 4 is 11.7 Å². The Morgan fingerprint density at radius 1 is 1.61 bits per heavy atom. The minimum absolute atomic E-state index is 0.0912. The molecule has 2 atom stereocenters. The minimum Gasteiger partial charge on any atom is -0.463 e. The van der Waals surface area contributed by atoms with Crippen molar-refractivity contribution in [2.45, 2.75) is 51.2 Å². The molecule has 0 N–H and O–H groups in total. The molecule has 0 radical (unpaired) electrons. The highest BCUT2D eigenvalue weighted by Crippen LogP contribution is 2.51. The van der Waals surface area contributed by atoms with Crippen molar-refractivity contribution in [1.82, 2.24) is 0 Å². The predicted octanol–water partition coefficient (Wildman–Crippen LogP) is 2.17. The maximum Gasteiger partial charge on any atom is 0.362 e. The van der Waals surface area contributed by atoms with Gasteiger partial charge in [0.1, 0.15) is 5.71 Å². The van der Waals surface area contributed by atoms with E-state index in [1.807, 2.05) is 13.8 Å². The quantitative estimate of drug-likeness (QED) is 0.570. The normalized spacial score (nSPS) is 33.6. The van der Waals surface area contributed by atoms with E-state index in [1.165, 1.54) is 0 Å². The molecule has 1 heterocycles. The van der Waals surface area contributed by atoms with Gasteiger partial charge in [-0.25, -0.2) is 11.4 Å². The fraction of sp³-hybridized carbons (Fsp3) is 0.769. The van der Waals surface area contributed by atoms with Gasteiger partial charge < -0.3 is 9.57 Å². The van der Waals surface area contributed by atoms with Gasteiger partial charge in [0.25, 0.3) is 0 Å². The van der Waals surface area contributed by atoms with Crippen molar-refractivity contribution in [3.63, 3.8) is 0 Å². The molecule has 2 unspecified atom stereocenters. The van der Waals surface area contributed by atoms with Crippen LogP contribution in [-0.2, 0) is 14.4 Å². The van der Waals surface area contributed by atoms with Gasteiger partial charge in [-0.15, -0.1) is 0 Å². The third-order valence-corrected chi connectivity index (χ3v) is 3.80. The Morgan fingerprint density at radius 3 is 2.89 bits per heavy atom. The minimum atomic E-state index is -1.20. The highest BCUT2D eigenvalue weighted by Gasteiger charge is 2.76. The van der Waals surface area contributed by atoms with E-state index >= 15 is 0 Å². The lowest BCUT2D eigenvalue weighted by Gasteiger charge is -2.27. The summed E-state index contributed by atoms with van der Waals surface area (Å²) in [4.78, 5) is 21.4. The second kappa shape index (κ2) is 4.27. The Labute approximate surface area is 107 Å². The summed E-state index contributed by atoms with van der Waals surface area (Å²) in [6.45, 7) is 13.5. The molecule has 0 spiro atoms. The van der Waals surface area contributed by atoms with Crippen LogP contribution in [0.15, 0.2) is 5.16 Å². The van der Waals surface area contributed by atoms with Crippen LogP contribution in [0.5, 0.6) is 0 Å². The van der Waals surface area contributed by atoms with Crippen LogP contribution in [0.2, 0.25) is 0 Å². The van der Waals surface area contributed by atoms with E-state index < -0.39 is 17.1 Å². The SMILES string of the molecule is [C-]#[N+]C12CCCC1(C(=O)OCC)ON=C2C(C)C. The first-order valence-corrected chi connectivity index (χ1v) is 6.36. The van der Waals surface area contributed by atoms with Gasteiger partial charge in [-0.05, 0) is 13.3 Å². The number of fused-ring (bicyclic) bond motifs is 1. The van der Waals surface area contributed by atoms with E-state index in [2.05, 4.69) is 10.0 Å². The molecule has 0 aromatic heterocycles. The van der Waals surface area contributed by atoms with E-state index in [4.69, 9.17) is 16.1 Å². The Kier molecular flexibility index (Phi) is 3.05. The number of hydrogen-bond donors (Lipinski definition) is 0. The zero-order valence-electron chi connectivity index (χ0n) is 11.0. The van der Waals surface area contributed by atoms with Crippen LogP contribution in [0.4, 0.5) is 0 Å². The summed E-state index contributed by atoms with van der Waals surface area (Å²) in [5, 5.41) is 4.04. The molecule has 2 aliphatic rings. The lowest BCUT2D eigenvalue weighted by molar-refractivity contribution is -0.171. The van der Waals surface area contributed by atoms with Crippen molar-refractivity contribution in [2.24, 2.45) is 11.1 Å². The molecule has 0 aromatic rings. The molecule has 98 valence electrons. The van der Waals surface area contributed by atoms with E-state index in [-0.39, 0.29) is 12.5 Å². The fourth-order valence-corrected chi connectivity index (χ4v) is 3.00. The van der Waals surface area contributed by atoms with Crippen LogP contribution in [0.1, 0.15) is 40.0 Å². The van der Waals surface area contributed by atoms with Gasteiger partial charge >= 0.3 is 17.1 Å². The number of nitrogens with zero attached hydrogens (tertiary/aromatic N) is 2. The van der Waals surface area contributed by atoms with Gasteiger partial charge in [0.15, 0.2) is 0 Å². The molecule has 1 saturated carbocycles. The Bertz CT molecular complexity index is 438.